The third kappa shape index (κ3) is 4.92. The van der Waals surface area contributed by atoms with Gasteiger partial charge in [-0.25, -0.2) is 4.98 Å². The van der Waals surface area contributed by atoms with Gasteiger partial charge in [-0.05, 0) is 31.0 Å². The zero-order chi connectivity index (χ0) is 12.7. The minimum absolute atomic E-state index is 0.537. The zero-order valence-corrected chi connectivity index (χ0v) is 11.5. The minimum Gasteiger partial charge on any atom is -0.476 e. The van der Waals surface area contributed by atoms with Crippen molar-refractivity contribution in [2.75, 3.05) is 13.7 Å². The molecule has 0 aliphatic heterocycles. The van der Waals surface area contributed by atoms with E-state index in [2.05, 4.69) is 24.1 Å². The number of rotatable bonds is 7. The van der Waals surface area contributed by atoms with Crippen LogP contribution >= 0.6 is 11.6 Å². The summed E-state index contributed by atoms with van der Waals surface area (Å²) < 4.78 is 5.62. The highest BCUT2D eigenvalue weighted by molar-refractivity contribution is 6.31. The number of hydrogen-bond acceptors (Lipinski definition) is 3. The summed E-state index contributed by atoms with van der Waals surface area (Å²) in [4.78, 5) is 4.23. The molecule has 1 heterocycles. The molecule has 0 aliphatic rings. The molecule has 0 aromatic carbocycles. The van der Waals surface area contributed by atoms with Crippen molar-refractivity contribution < 1.29 is 4.74 Å². The maximum absolute atomic E-state index is 6.11. The van der Waals surface area contributed by atoms with Crippen LogP contribution in [-0.2, 0) is 6.54 Å². The predicted octanol–water partition coefficient (Wildman–Crippen LogP) is 3.27. The van der Waals surface area contributed by atoms with E-state index in [-0.39, 0.29) is 0 Å². The first-order valence-electron chi connectivity index (χ1n) is 6.09. The first-order chi connectivity index (χ1) is 8.17. The van der Waals surface area contributed by atoms with Crippen LogP contribution in [0.1, 0.15) is 32.3 Å². The second-order valence-corrected chi connectivity index (χ2v) is 4.77. The lowest BCUT2D eigenvalue weighted by atomic mass is 10.1. The number of nitrogens with one attached hydrogen (secondary N) is 1. The summed E-state index contributed by atoms with van der Waals surface area (Å²) in [5.74, 6) is 1.07. The molecule has 17 heavy (non-hydrogen) atoms. The molecule has 1 unspecified atom stereocenters. The fraction of sp³-hybridized carbons (Fsp3) is 0.615. The second-order valence-electron chi connectivity index (χ2n) is 4.37. The first kappa shape index (κ1) is 14.3. The molecule has 0 fully saturated rings. The van der Waals surface area contributed by atoms with Gasteiger partial charge in [0, 0.05) is 12.7 Å². The van der Waals surface area contributed by atoms with E-state index in [1.807, 2.05) is 13.1 Å². The van der Waals surface area contributed by atoms with Gasteiger partial charge in [-0.15, -0.1) is 0 Å². The largest absolute Gasteiger partial charge is 0.476 e. The third-order valence-corrected chi connectivity index (χ3v) is 2.80. The number of hydrogen-bond donors (Lipinski definition) is 1. The van der Waals surface area contributed by atoms with Gasteiger partial charge in [0.2, 0.25) is 5.88 Å². The highest BCUT2D eigenvalue weighted by atomic mass is 35.5. The lowest BCUT2D eigenvalue weighted by Gasteiger charge is -2.12. The van der Waals surface area contributed by atoms with E-state index in [0.29, 0.717) is 23.4 Å². The van der Waals surface area contributed by atoms with Crippen molar-refractivity contribution in [3.63, 3.8) is 0 Å². The van der Waals surface area contributed by atoms with Crippen LogP contribution in [0.25, 0.3) is 0 Å². The molecule has 1 aromatic rings. The van der Waals surface area contributed by atoms with Crippen LogP contribution in [0.15, 0.2) is 12.3 Å². The van der Waals surface area contributed by atoms with Gasteiger partial charge in [0.15, 0.2) is 0 Å². The normalized spacial score (nSPS) is 12.5. The Labute approximate surface area is 109 Å². The van der Waals surface area contributed by atoms with E-state index in [0.717, 1.165) is 18.5 Å². The van der Waals surface area contributed by atoms with Crippen molar-refractivity contribution in [1.29, 1.82) is 0 Å². The summed E-state index contributed by atoms with van der Waals surface area (Å²) in [6.07, 6.45) is 4.13. The fourth-order valence-corrected chi connectivity index (χ4v) is 1.91. The van der Waals surface area contributed by atoms with Crippen molar-refractivity contribution in [3.8, 4) is 5.88 Å². The van der Waals surface area contributed by atoms with Crippen molar-refractivity contribution in [2.45, 2.75) is 33.2 Å². The van der Waals surface area contributed by atoms with Crippen LogP contribution < -0.4 is 10.1 Å². The van der Waals surface area contributed by atoms with Gasteiger partial charge < -0.3 is 10.1 Å². The summed E-state index contributed by atoms with van der Waals surface area (Å²) >= 11 is 6.11. The van der Waals surface area contributed by atoms with Gasteiger partial charge in [0.05, 0.1) is 6.61 Å². The number of pyridine rings is 1. The van der Waals surface area contributed by atoms with Gasteiger partial charge in [-0.2, -0.15) is 0 Å². The summed E-state index contributed by atoms with van der Waals surface area (Å²) in [5, 5.41) is 3.64. The van der Waals surface area contributed by atoms with E-state index < -0.39 is 0 Å². The molecule has 1 rings (SSSR count). The first-order valence-corrected chi connectivity index (χ1v) is 6.47. The van der Waals surface area contributed by atoms with Crippen LogP contribution in [0, 0.1) is 5.92 Å². The molecule has 1 atom stereocenters. The van der Waals surface area contributed by atoms with Crippen molar-refractivity contribution in [2.24, 2.45) is 5.92 Å². The molecule has 0 aliphatic carbocycles. The standard InChI is InChI=1S/C13H21ClN2O/c1-4-5-10(2)9-17-13-12(14)6-11(7-15-3)8-16-13/h6,8,10,15H,4-5,7,9H2,1-3H3. The SMILES string of the molecule is CCCC(C)COc1ncc(CNC)cc1Cl. The summed E-state index contributed by atoms with van der Waals surface area (Å²) in [5.41, 5.74) is 1.06. The quantitative estimate of drug-likeness (QED) is 0.813. The highest BCUT2D eigenvalue weighted by Gasteiger charge is 2.07. The molecule has 4 heteroatoms. The number of aromatic nitrogens is 1. The van der Waals surface area contributed by atoms with E-state index >= 15 is 0 Å². The molecule has 1 N–H and O–H groups in total. The summed E-state index contributed by atoms with van der Waals surface area (Å²) in [6.45, 7) is 5.78. The van der Waals surface area contributed by atoms with E-state index in [4.69, 9.17) is 16.3 Å². The van der Waals surface area contributed by atoms with Gasteiger partial charge in [-0.1, -0.05) is 31.9 Å². The lowest BCUT2D eigenvalue weighted by molar-refractivity contribution is 0.243. The molecule has 0 amide bonds. The average Bonchev–Trinajstić information content (AvgIpc) is 2.29. The topological polar surface area (TPSA) is 34.1 Å². The van der Waals surface area contributed by atoms with E-state index in [9.17, 15) is 0 Å². The van der Waals surface area contributed by atoms with Crippen LogP contribution in [0.5, 0.6) is 5.88 Å². The monoisotopic (exact) mass is 256 g/mol. The van der Waals surface area contributed by atoms with Crippen molar-refractivity contribution >= 4 is 11.6 Å². The Hall–Kier alpha value is -0.800. The Balaban J connectivity index is 2.54. The number of nitrogens with zero attached hydrogens (tertiary/aromatic N) is 1. The van der Waals surface area contributed by atoms with Gasteiger partial charge >= 0.3 is 0 Å². The maximum atomic E-state index is 6.11. The van der Waals surface area contributed by atoms with Gasteiger partial charge in [-0.3, -0.25) is 0 Å². The van der Waals surface area contributed by atoms with Crippen molar-refractivity contribution in [3.05, 3.63) is 22.8 Å². The fourth-order valence-electron chi connectivity index (χ4n) is 1.67. The minimum atomic E-state index is 0.537. The molecule has 0 bridgehead atoms. The number of ether oxygens (including phenoxy) is 1. The maximum Gasteiger partial charge on any atom is 0.232 e. The summed E-state index contributed by atoms with van der Waals surface area (Å²) in [6, 6.07) is 1.89. The molecule has 96 valence electrons. The van der Waals surface area contributed by atoms with E-state index in [1.165, 1.54) is 6.42 Å². The molecular formula is C13H21ClN2O. The number of halogens is 1. The van der Waals surface area contributed by atoms with Crippen LogP contribution in [0.2, 0.25) is 5.02 Å². The Morgan fingerprint density at radius 2 is 2.29 bits per heavy atom. The zero-order valence-electron chi connectivity index (χ0n) is 10.8. The molecule has 0 saturated carbocycles. The molecule has 0 saturated heterocycles. The van der Waals surface area contributed by atoms with Crippen molar-refractivity contribution in [1.82, 2.24) is 10.3 Å². The second kappa shape index (κ2) is 7.51. The molecule has 3 nitrogen and oxygen atoms in total. The molecule has 0 spiro atoms. The third-order valence-electron chi connectivity index (χ3n) is 2.53. The highest BCUT2D eigenvalue weighted by Crippen LogP contribution is 2.23. The smallest absolute Gasteiger partial charge is 0.232 e. The van der Waals surface area contributed by atoms with Gasteiger partial charge in [0.25, 0.3) is 0 Å². The van der Waals surface area contributed by atoms with Crippen LogP contribution in [0.4, 0.5) is 0 Å². The molecule has 1 aromatic heterocycles. The predicted molar refractivity (Wildman–Crippen MR) is 71.6 cm³/mol. The molecule has 0 radical (unpaired) electrons. The van der Waals surface area contributed by atoms with Gasteiger partial charge in [0.1, 0.15) is 5.02 Å². The average molecular weight is 257 g/mol. The van der Waals surface area contributed by atoms with E-state index in [1.54, 1.807) is 6.20 Å². The lowest BCUT2D eigenvalue weighted by Crippen LogP contribution is -2.10. The Morgan fingerprint density at radius 3 is 2.88 bits per heavy atom. The molecular weight excluding hydrogens is 236 g/mol. The Bertz CT molecular complexity index is 344. The summed E-state index contributed by atoms with van der Waals surface area (Å²) in [7, 11) is 1.89. The Morgan fingerprint density at radius 1 is 1.53 bits per heavy atom. The Kier molecular flexibility index (Phi) is 6.30. The van der Waals surface area contributed by atoms with Crippen LogP contribution in [0.3, 0.4) is 0 Å². The van der Waals surface area contributed by atoms with Crippen LogP contribution in [-0.4, -0.2) is 18.6 Å².